The number of carbonyl (C=O) groups is 1. The zero-order chi connectivity index (χ0) is 28.3. The van der Waals surface area contributed by atoms with Crippen molar-refractivity contribution in [1.29, 1.82) is 0 Å². The van der Waals surface area contributed by atoms with Crippen LogP contribution in [-0.4, -0.2) is 18.0 Å². The molecule has 200 valence electrons. The van der Waals surface area contributed by atoms with Gasteiger partial charge in [-0.05, 0) is 31.2 Å². The number of ether oxygens (including phenoxy) is 1. The van der Waals surface area contributed by atoms with Crippen LogP contribution >= 0.6 is 23.1 Å². The van der Waals surface area contributed by atoms with Gasteiger partial charge in [-0.15, -0.1) is 0 Å². The third-order valence-electron chi connectivity index (χ3n) is 5.27. The predicted octanol–water partition coefficient (Wildman–Crippen LogP) is 6.04. The second-order valence-electron chi connectivity index (χ2n) is 7.41. The number of hydrogen-bond acceptors (Lipinski definition) is 5. The smallest absolute Gasteiger partial charge is 0.363 e. The van der Waals surface area contributed by atoms with Crippen molar-refractivity contribution in [3.63, 3.8) is 0 Å². The van der Waals surface area contributed by atoms with Gasteiger partial charge in [0, 0.05) is 4.47 Å². The standard InChI is InChI=1S/C22H9BrF9N2O3P/c1-2-37-22(35)21-33-34(8-5-3-7(23)4-6-8)18-14(29)10(25)13(28)17(32)20(18)38(21,36)19-15(30)11(26)9(24)12(27)16(19)31/h3-6H,2H2,1H3. The number of carbonyl (C=O) groups excluding carboxylic acids is 1. The lowest BCUT2D eigenvalue weighted by Gasteiger charge is -2.33. The zero-order valence-electron chi connectivity index (χ0n) is 18.4. The summed E-state index contributed by atoms with van der Waals surface area (Å²) in [4.78, 5) is 12.8. The van der Waals surface area contributed by atoms with Crippen molar-refractivity contribution in [2.45, 2.75) is 6.92 Å². The maximum atomic E-state index is 15.3. The van der Waals surface area contributed by atoms with Crippen LogP contribution in [-0.2, 0) is 14.1 Å². The molecule has 38 heavy (non-hydrogen) atoms. The van der Waals surface area contributed by atoms with E-state index >= 15 is 8.78 Å². The molecule has 1 aliphatic rings. The Labute approximate surface area is 215 Å². The van der Waals surface area contributed by atoms with Gasteiger partial charge in [-0.25, -0.2) is 49.3 Å². The van der Waals surface area contributed by atoms with Crippen molar-refractivity contribution in [3.05, 3.63) is 81.1 Å². The molecule has 0 radical (unpaired) electrons. The van der Waals surface area contributed by atoms with Crippen LogP contribution in [0.2, 0.25) is 0 Å². The fraction of sp³-hybridized carbons (Fsp3) is 0.0909. The molecule has 1 aliphatic heterocycles. The van der Waals surface area contributed by atoms with E-state index in [-0.39, 0.29) is 10.7 Å². The van der Waals surface area contributed by atoms with Gasteiger partial charge >= 0.3 is 5.97 Å². The molecule has 1 atom stereocenters. The van der Waals surface area contributed by atoms with Crippen LogP contribution in [0.1, 0.15) is 6.92 Å². The van der Waals surface area contributed by atoms with Gasteiger partial charge in [0.15, 0.2) is 46.5 Å². The molecule has 4 rings (SSSR count). The van der Waals surface area contributed by atoms with Crippen molar-refractivity contribution >= 4 is 56.5 Å². The van der Waals surface area contributed by atoms with Crippen LogP contribution in [0, 0.1) is 52.4 Å². The Hall–Kier alpha value is -3.32. The Morgan fingerprint density at radius 2 is 1.24 bits per heavy atom. The minimum Gasteiger partial charge on any atom is -0.461 e. The molecular formula is C22H9BrF9N2O3P. The van der Waals surface area contributed by atoms with Gasteiger partial charge in [-0.2, -0.15) is 5.10 Å². The van der Waals surface area contributed by atoms with E-state index in [1.807, 2.05) is 0 Å². The van der Waals surface area contributed by atoms with Crippen molar-refractivity contribution in [2.24, 2.45) is 5.10 Å². The molecule has 1 heterocycles. The summed E-state index contributed by atoms with van der Waals surface area (Å²) in [5.74, 6) is -25.5. The van der Waals surface area contributed by atoms with Gasteiger partial charge < -0.3 is 9.30 Å². The van der Waals surface area contributed by atoms with Gasteiger partial charge in [0.1, 0.15) is 5.69 Å². The number of nitrogens with zero attached hydrogens (tertiary/aromatic N) is 2. The van der Waals surface area contributed by atoms with Crippen LogP contribution in [0.3, 0.4) is 0 Å². The van der Waals surface area contributed by atoms with Gasteiger partial charge in [0.05, 0.1) is 22.9 Å². The average molecular weight is 631 g/mol. The highest BCUT2D eigenvalue weighted by molar-refractivity contribution is 9.10. The van der Waals surface area contributed by atoms with Crippen LogP contribution < -0.4 is 15.6 Å². The van der Waals surface area contributed by atoms with E-state index in [0.29, 0.717) is 4.47 Å². The molecule has 1 unspecified atom stereocenters. The molecule has 0 spiro atoms. The summed E-state index contributed by atoms with van der Waals surface area (Å²) in [6.07, 6.45) is 0. The maximum absolute atomic E-state index is 15.3. The first-order valence-corrected chi connectivity index (χ1v) is 12.6. The monoisotopic (exact) mass is 630 g/mol. The Kier molecular flexibility index (Phi) is 7.12. The molecule has 0 amide bonds. The maximum Gasteiger partial charge on any atom is 0.363 e. The molecule has 5 nitrogen and oxygen atoms in total. The van der Waals surface area contributed by atoms with Gasteiger partial charge in [-0.1, -0.05) is 15.9 Å². The summed E-state index contributed by atoms with van der Waals surface area (Å²) < 4.78 is 150. The van der Waals surface area contributed by atoms with Crippen molar-refractivity contribution in [3.8, 4) is 0 Å². The molecule has 0 N–H and O–H groups in total. The zero-order valence-corrected chi connectivity index (χ0v) is 20.8. The summed E-state index contributed by atoms with van der Waals surface area (Å²) in [5, 5.41) is -0.452. The number of esters is 1. The number of fused-ring (bicyclic) bond motifs is 1. The van der Waals surface area contributed by atoms with E-state index in [1.54, 1.807) is 0 Å². The lowest BCUT2D eigenvalue weighted by atomic mass is 10.2. The molecule has 0 saturated heterocycles. The number of hydrazone groups is 1. The fourth-order valence-corrected chi connectivity index (χ4v) is 6.69. The van der Waals surface area contributed by atoms with E-state index in [9.17, 15) is 40.1 Å². The Balaban J connectivity index is 2.27. The van der Waals surface area contributed by atoms with Crippen LogP contribution in [0.25, 0.3) is 0 Å². The van der Waals surface area contributed by atoms with E-state index in [0.717, 1.165) is 12.1 Å². The van der Waals surface area contributed by atoms with E-state index in [2.05, 4.69) is 25.8 Å². The summed E-state index contributed by atoms with van der Waals surface area (Å²) in [6.45, 7) is 0.662. The summed E-state index contributed by atoms with van der Waals surface area (Å²) in [5.41, 5.74) is -3.53. The highest BCUT2D eigenvalue weighted by Gasteiger charge is 2.54. The number of benzene rings is 3. The van der Waals surface area contributed by atoms with E-state index in [4.69, 9.17) is 0 Å². The summed E-state index contributed by atoms with van der Waals surface area (Å²) in [6, 6.07) is 4.82. The quantitative estimate of drug-likeness (QED) is 0.116. The number of hydrogen-bond donors (Lipinski definition) is 0. The van der Waals surface area contributed by atoms with Crippen LogP contribution in [0.5, 0.6) is 0 Å². The van der Waals surface area contributed by atoms with Crippen molar-refractivity contribution < 1.29 is 53.6 Å². The average Bonchev–Trinajstić information content (AvgIpc) is 2.88. The van der Waals surface area contributed by atoms with Gasteiger partial charge in [0.2, 0.25) is 18.4 Å². The van der Waals surface area contributed by atoms with Gasteiger partial charge in [-0.3, -0.25) is 0 Å². The second-order valence-corrected chi connectivity index (χ2v) is 10.9. The Morgan fingerprint density at radius 3 is 1.74 bits per heavy atom. The minimum absolute atomic E-state index is 0.247. The Morgan fingerprint density at radius 1 is 0.789 bits per heavy atom. The number of halogens is 10. The minimum atomic E-state index is -6.17. The summed E-state index contributed by atoms with van der Waals surface area (Å²) >= 11 is 3.09. The molecule has 0 bridgehead atoms. The van der Waals surface area contributed by atoms with Crippen LogP contribution in [0.15, 0.2) is 33.8 Å². The lowest BCUT2D eigenvalue weighted by molar-refractivity contribution is -0.134. The first-order valence-electron chi connectivity index (χ1n) is 10.1. The lowest BCUT2D eigenvalue weighted by Crippen LogP contribution is -2.42. The highest BCUT2D eigenvalue weighted by atomic mass is 79.9. The fourth-order valence-electron chi connectivity index (χ4n) is 3.62. The molecule has 0 fully saturated rings. The van der Waals surface area contributed by atoms with E-state index in [1.165, 1.54) is 19.1 Å². The first-order chi connectivity index (χ1) is 17.8. The van der Waals surface area contributed by atoms with Crippen molar-refractivity contribution in [1.82, 2.24) is 0 Å². The predicted molar refractivity (Wildman–Crippen MR) is 120 cm³/mol. The molecule has 3 aromatic carbocycles. The highest BCUT2D eigenvalue weighted by Crippen LogP contribution is 2.55. The Bertz CT molecular complexity index is 1570. The SMILES string of the molecule is CCOC(=O)C1=NN(c2ccc(Br)cc2)c2c(F)c(F)c(F)c(F)c2P1(=O)c1c(F)c(F)c(F)c(F)c1F. The topological polar surface area (TPSA) is 59.0 Å². The van der Waals surface area contributed by atoms with Crippen LogP contribution in [0.4, 0.5) is 50.9 Å². The van der Waals surface area contributed by atoms with Gasteiger partial charge in [0.25, 0.3) is 0 Å². The third-order valence-corrected chi connectivity index (χ3v) is 8.73. The molecule has 0 saturated carbocycles. The van der Waals surface area contributed by atoms with E-state index < -0.39 is 93.8 Å². The number of anilines is 2. The largest absolute Gasteiger partial charge is 0.461 e. The molecular weight excluding hydrogens is 622 g/mol. The first kappa shape index (κ1) is 27.7. The normalized spacial score (nSPS) is 16.8. The molecule has 0 aliphatic carbocycles. The third kappa shape index (κ3) is 3.90. The molecule has 3 aromatic rings. The van der Waals surface area contributed by atoms with Crippen molar-refractivity contribution in [2.75, 3.05) is 11.6 Å². The molecule has 16 heteroatoms. The second kappa shape index (κ2) is 9.77. The number of rotatable bonds is 4. The molecule has 0 aromatic heterocycles. The summed E-state index contributed by atoms with van der Waals surface area (Å²) in [7, 11) is -6.17.